The topological polar surface area (TPSA) is 35.5 Å². The molecule has 0 saturated carbocycles. The van der Waals surface area contributed by atoms with Crippen molar-refractivity contribution < 1.29 is 14.3 Å². The van der Waals surface area contributed by atoms with E-state index in [2.05, 4.69) is 0 Å². The molecule has 1 rings (SSSR count). The third kappa shape index (κ3) is 2.27. The van der Waals surface area contributed by atoms with Gasteiger partial charge in [-0.2, -0.15) is 0 Å². The molecular weight excluding hydrogens is 156 g/mol. The van der Waals surface area contributed by atoms with Crippen LogP contribution in [0.15, 0.2) is 24.3 Å². The quantitative estimate of drug-likeness (QED) is 0.672. The van der Waals surface area contributed by atoms with E-state index in [0.29, 0.717) is 5.75 Å². The summed E-state index contributed by atoms with van der Waals surface area (Å²) >= 11 is 0. The second kappa shape index (κ2) is 4.38. The van der Waals surface area contributed by atoms with Gasteiger partial charge in [0.2, 0.25) is 6.29 Å². The van der Waals surface area contributed by atoms with E-state index in [1.54, 1.807) is 37.7 Å². The molecule has 3 heteroatoms. The Bertz CT molecular complexity index is 240. The van der Waals surface area contributed by atoms with Crippen LogP contribution >= 0.6 is 0 Å². The number of carbonyl (C=O) groups excluding carboxylic acids is 1. The van der Waals surface area contributed by atoms with Gasteiger partial charge in [-0.25, -0.2) is 0 Å². The molecule has 0 aliphatic carbocycles. The molecule has 0 aliphatic heterocycles. The Kier molecular flexibility index (Phi) is 3.14. The largest absolute Gasteiger partial charge is 0.497 e. The van der Waals surface area contributed by atoms with Crippen LogP contribution < -0.4 is 9.47 Å². The van der Waals surface area contributed by atoms with E-state index >= 15 is 0 Å². The lowest BCUT2D eigenvalue weighted by Crippen LogP contribution is -1.97. The Morgan fingerprint density at radius 3 is 2.33 bits per heavy atom. The predicted molar refractivity (Wildman–Crippen MR) is 44.2 cm³/mol. The Balaban J connectivity index is 2.58. The van der Waals surface area contributed by atoms with Gasteiger partial charge in [0, 0.05) is 0 Å². The Hall–Kier alpha value is -1.51. The van der Waals surface area contributed by atoms with Gasteiger partial charge in [-0.1, -0.05) is 0 Å². The fourth-order valence-corrected chi connectivity index (χ4v) is 0.785. The van der Waals surface area contributed by atoms with Crippen LogP contribution in [0.2, 0.25) is 0 Å². The summed E-state index contributed by atoms with van der Waals surface area (Å²) in [7, 11) is 1.59. The molecule has 0 bridgehead atoms. The van der Waals surface area contributed by atoms with E-state index in [-0.39, 0.29) is 6.61 Å². The number of hydrogen-bond donors (Lipinski definition) is 0. The SMILES string of the molecule is COc1ccc(OC[C]=O)cc1. The molecule has 0 aliphatic rings. The van der Waals surface area contributed by atoms with Crippen molar-refractivity contribution in [3.8, 4) is 11.5 Å². The van der Waals surface area contributed by atoms with Gasteiger partial charge < -0.3 is 9.47 Å². The number of hydrogen-bond acceptors (Lipinski definition) is 3. The maximum Gasteiger partial charge on any atom is 0.239 e. The van der Waals surface area contributed by atoms with Gasteiger partial charge in [0.05, 0.1) is 7.11 Å². The molecule has 1 aromatic rings. The summed E-state index contributed by atoms with van der Waals surface area (Å²) < 4.78 is 9.92. The summed E-state index contributed by atoms with van der Waals surface area (Å²) in [6.45, 7) is -0.0354. The first-order valence-corrected chi connectivity index (χ1v) is 3.48. The molecule has 1 aromatic carbocycles. The summed E-state index contributed by atoms with van der Waals surface area (Å²) in [5.74, 6) is 1.40. The minimum Gasteiger partial charge on any atom is -0.497 e. The number of methoxy groups -OCH3 is 1. The zero-order valence-electron chi connectivity index (χ0n) is 6.74. The molecule has 0 aromatic heterocycles. The van der Waals surface area contributed by atoms with Crippen LogP contribution in [0, 0.1) is 0 Å². The van der Waals surface area contributed by atoms with Crippen LogP contribution in [-0.4, -0.2) is 20.0 Å². The average molecular weight is 165 g/mol. The van der Waals surface area contributed by atoms with Gasteiger partial charge in [-0.15, -0.1) is 0 Å². The van der Waals surface area contributed by atoms with E-state index in [4.69, 9.17) is 9.47 Å². The highest BCUT2D eigenvalue weighted by molar-refractivity contribution is 5.52. The van der Waals surface area contributed by atoms with E-state index in [9.17, 15) is 4.79 Å². The maximum atomic E-state index is 9.83. The molecule has 1 radical (unpaired) electrons. The van der Waals surface area contributed by atoms with Crippen molar-refractivity contribution >= 4 is 6.29 Å². The third-order valence-corrected chi connectivity index (χ3v) is 1.36. The maximum absolute atomic E-state index is 9.83. The van der Waals surface area contributed by atoms with Crippen LogP contribution in [0.1, 0.15) is 0 Å². The normalized spacial score (nSPS) is 9.08. The molecule has 63 valence electrons. The lowest BCUT2D eigenvalue weighted by Gasteiger charge is -2.02. The van der Waals surface area contributed by atoms with Crippen LogP contribution in [0.25, 0.3) is 0 Å². The zero-order chi connectivity index (χ0) is 8.81. The zero-order valence-corrected chi connectivity index (χ0v) is 6.74. The number of rotatable bonds is 4. The Morgan fingerprint density at radius 2 is 1.83 bits per heavy atom. The summed E-state index contributed by atoms with van der Waals surface area (Å²) in [4.78, 5) is 9.83. The summed E-state index contributed by atoms with van der Waals surface area (Å²) in [6, 6.07) is 6.99. The van der Waals surface area contributed by atoms with Crippen LogP contribution in [0.3, 0.4) is 0 Å². The molecule has 0 spiro atoms. The van der Waals surface area contributed by atoms with Crippen molar-refractivity contribution in [1.29, 1.82) is 0 Å². The first-order valence-electron chi connectivity index (χ1n) is 3.48. The second-order valence-corrected chi connectivity index (χ2v) is 2.11. The standard InChI is InChI=1S/C9H9O3/c1-11-8-2-4-9(5-3-8)12-7-6-10/h2-5H,7H2,1H3. The van der Waals surface area contributed by atoms with E-state index in [0.717, 1.165) is 5.75 Å². The molecule has 0 fully saturated rings. The van der Waals surface area contributed by atoms with Gasteiger partial charge in [-0.3, -0.25) is 4.79 Å². The fourth-order valence-electron chi connectivity index (χ4n) is 0.785. The van der Waals surface area contributed by atoms with Gasteiger partial charge in [0.1, 0.15) is 11.5 Å². The Labute approximate surface area is 70.9 Å². The smallest absolute Gasteiger partial charge is 0.239 e. The number of benzene rings is 1. The highest BCUT2D eigenvalue weighted by atomic mass is 16.5. The molecule has 0 amide bonds. The Morgan fingerprint density at radius 1 is 1.25 bits per heavy atom. The average Bonchev–Trinajstić information content (AvgIpc) is 2.15. The van der Waals surface area contributed by atoms with Crippen molar-refractivity contribution in [3.63, 3.8) is 0 Å². The van der Waals surface area contributed by atoms with Crippen LogP contribution in [0.5, 0.6) is 11.5 Å². The minimum atomic E-state index is -0.0354. The molecule has 0 atom stereocenters. The van der Waals surface area contributed by atoms with Crippen molar-refractivity contribution in [2.75, 3.05) is 13.7 Å². The molecule has 0 N–H and O–H groups in total. The van der Waals surface area contributed by atoms with Crippen molar-refractivity contribution in [2.24, 2.45) is 0 Å². The van der Waals surface area contributed by atoms with E-state index in [1.165, 1.54) is 0 Å². The van der Waals surface area contributed by atoms with Gasteiger partial charge in [0.15, 0.2) is 6.61 Å². The highest BCUT2D eigenvalue weighted by Crippen LogP contribution is 2.16. The highest BCUT2D eigenvalue weighted by Gasteiger charge is 1.93. The minimum absolute atomic E-state index is 0.0354. The van der Waals surface area contributed by atoms with Crippen molar-refractivity contribution in [2.45, 2.75) is 0 Å². The molecule has 0 unspecified atom stereocenters. The fraction of sp³-hybridized carbons (Fsp3) is 0.222. The van der Waals surface area contributed by atoms with Crippen LogP contribution in [-0.2, 0) is 4.79 Å². The molecule has 0 heterocycles. The summed E-state index contributed by atoms with van der Waals surface area (Å²) in [5.41, 5.74) is 0. The molecular formula is C9H9O3. The predicted octanol–water partition coefficient (Wildman–Crippen LogP) is 1.18. The van der Waals surface area contributed by atoms with E-state index < -0.39 is 0 Å². The summed E-state index contributed by atoms with van der Waals surface area (Å²) in [6.07, 6.45) is 1.64. The van der Waals surface area contributed by atoms with Gasteiger partial charge in [0.25, 0.3) is 0 Å². The van der Waals surface area contributed by atoms with E-state index in [1.807, 2.05) is 0 Å². The summed E-state index contributed by atoms with van der Waals surface area (Å²) in [5, 5.41) is 0. The van der Waals surface area contributed by atoms with Gasteiger partial charge >= 0.3 is 0 Å². The van der Waals surface area contributed by atoms with Crippen LogP contribution in [0.4, 0.5) is 0 Å². The monoisotopic (exact) mass is 165 g/mol. The van der Waals surface area contributed by atoms with Crippen molar-refractivity contribution in [3.05, 3.63) is 24.3 Å². The third-order valence-electron chi connectivity index (χ3n) is 1.36. The first-order chi connectivity index (χ1) is 5.86. The molecule has 12 heavy (non-hydrogen) atoms. The van der Waals surface area contributed by atoms with Crippen molar-refractivity contribution in [1.82, 2.24) is 0 Å². The molecule has 0 saturated heterocycles. The lowest BCUT2D eigenvalue weighted by molar-refractivity contribution is 0.363. The lowest BCUT2D eigenvalue weighted by atomic mass is 10.3. The number of ether oxygens (including phenoxy) is 2. The van der Waals surface area contributed by atoms with Gasteiger partial charge in [-0.05, 0) is 24.3 Å². The molecule has 3 nitrogen and oxygen atoms in total. The second-order valence-electron chi connectivity index (χ2n) is 2.11. The first kappa shape index (κ1) is 8.59.